The van der Waals surface area contributed by atoms with E-state index in [9.17, 15) is 26.3 Å². The van der Waals surface area contributed by atoms with Crippen molar-refractivity contribution in [1.29, 1.82) is 0 Å². The highest BCUT2D eigenvalue weighted by molar-refractivity contribution is 5.84. The normalized spacial score (nSPS) is 10.9. The largest absolute Gasteiger partial charge is 0.206 e. The van der Waals surface area contributed by atoms with Gasteiger partial charge in [-0.05, 0) is 65.8 Å². The lowest BCUT2D eigenvalue weighted by Gasteiger charge is -2.08. The smallest absolute Gasteiger partial charge is 0.195 e. The molecule has 6 heteroatoms. The van der Waals surface area contributed by atoms with Crippen molar-refractivity contribution in [2.24, 2.45) is 0 Å². The summed E-state index contributed by atoms with van der Waals surface area (Å²) in [7, 11) is 0. The van der Waals surface area contributed by atoms with Gasteiger partial charge < -0.3 is 0 Å². The van der Waals surface area contributed by atoms with Crippen molar-refractivity contribution in [3.63, 3.8) is 0 Å². The molecule has 0 aliphatic rings. The van der Waals surface area contributed by atoms with Gasteiger partial charge in [-0.15, -0.1) is 0 Å². The lowest BCUT2D eigenvalue weighted by atomic mass is 9.99. The van der Waals surface area contributed by atoms with Gasteiger partial charge >= 0.3 is 0 Å². The Kier molecular flexibility index (Phi) is 6.65. The highest BCUT2D eigenvalue weighted by atomic mass is 19.2. The lowest BCUT2D eigenvalue weighted by Crippen LogP contribution is -1.95. The molecule has 34 heavy (non-hydrogen) atoms. The van der Waals surface area contributed by atoms with E-state index >= 15 is 0 Å². The van der Waals surface area contributed by atoms with E-state index in [1.165, 1.54) is 30.3 Å². The fourth-order valence-corrected chi connectivity index (χ4v) is 3.69. The highest BCUT2D eigenvalue weighted by Gasteiger charge is 2.15. The maximum atomic E-state index is 14.7. The summed E-state index contributed by atoms with van der Waals surface area (Å²) < 4.78 is 84.6. The summed E-state index contributed by atoms with van der Waals surface area (Å²) >= 11 is 0. The molecule has 0 saturated heterocycles. The minimum absolute atomic E-state index is 0.0405. The van der Waals surface area contributed by atoms with Gasteiger partial charge in [0.05, 0.1) is 5.56 Å². The van der Waals surface area contributed by atoms with Gasteiger partial charge in [0.2, 0.25) is 0 Å². The Morgan fingerprint density at radius 3 is 2.09 bits per heavy atom. The van der Waals surface area contributed by atoms with Crippen molar-refractivity contribution in [2.75, 3.05) is 0 Å². The molecule has 0 unspecified atom stereocenters. The van der Waals surface area contributed by atoms with Gasteiger partial charge in [0.1, 0.15) is 17.5 Å². The zero-order valence-corrected chi connectivity index (χ0v) is 18.1. The molecule has 0 fully saturated rings. The van der Waals surface area contributed by atoms with E-state index in [0.717, 1.165) is 36.6 Å². The molecule has 0 aliphatic heterocycles. The standard InChI is InChI=1S/C28H18F6/c1-2-3-4-16-5-8-20(23(29)12-16)19-13-24(30)22(25(31)14-19)10-7-17-6-9-21-18(11-17)15-26(32)28(34)27(21)33/h5-6,8-9,11-15H,2-4H2,1H3. The molecule has 0 aliphatic carbocycles. The van der Waals surface area contributed by atoms with Crippen LogP contribution in [0, 0.1) is 46.7 Å². The van der Waals surface area contributed by atoms with Crippen LogP contribution in [0.4, 0.5) is 26.3 Å². The third-order valence-electron chi connectivity index (χ3n) is 5.51. The van der Waals surface area contributed by atoms with Crippen LogP contribution in [-0.4, -0.2) is 0 Å². The van der Waals surface area contributed by atoms with Crippen LogP contribution in [0.15, 0.2) is 54.6 Å². The van der Waals surface area contributed by atoms with Crippen molar-refractivity contribution in [3.8, 4) is 23.0 Å². The highest BCUT2D eigenvalue weighted by Crippen LogP contribution is 2.28. The molecule has 0 spiro atoms. The predicted molar refractivity (Wildman–Crippen MR) is 120 cm³/mol. The first-order chi connectivity index (χ1) is 16.3. The summed E-state index contributed by atoms with van der Waals surface area (Å²) in [4.78, 5) is 0. The van der Waals surface area contributed by atoms with Crippen molar-refractivity contribution >= 4 is 10.8 Å². The fourth-order valence-electron chi connectivity index (χ4n) is 3.69. The quantitative estimate of drug-likeness (QED) is 0.161. The molecule has 0 aromatic heterocycles. The second-order valence-electron chi connectivity index (χ2n) is 7.90. The number of unbranched alkanes of at least 4 members (excludes halogenated alkanes) is 1. The molecule has 4 aromatic carbocycles. The third-order valence-corrected chi connectivity index (χ3v) is 5.51. The molecule has 0 heterocycles. The molecule has 0 radical (unpaired) electrons. The van der Waals surface area contributed by atoms with Gasteiger partial charge in [0, 0.05) is 16.5 Å². The first-order valence-corrected chi connectivity index (χ1v) is 10.7. The summed E-state index contributed by atoms with van der Waals surface area (Å²) in [6.07, 6.45) is 2.59. The van der Waals surface area contributed by atoms with Crippen LogP contribution in [0.25, 0.3) is 21.9 Å². The Morgan fingerprint density at radius 1 is 0.676 bits per heavy atom. The topological polar surface area (TPSA) is 0 Å². The number of hydrogen-bond donors (Lipinski definition) is 0. The molecule has 0 saturated carbocycles. The van der Waals surface area contributed by atoms with E-state index in [-0.39, 0.29) is 27.5 Å². The second-order valence-corrected chi connectivity index (χ2v) is 7.90. The average Bonchev–Trinajstić information content (AvgIpc) is 2.80. The molecule has 0 N–H and O–H groups in total. The Bertz CT molecular complexity index is 1440. The van der Waals surface area contributed by atoms with E-state index in [0.29, 0.717) is 6.42 Å². The number of rotatable bonds is 4. The van der Waals surface area contributed by atoms with Gasteiger partial charge in [-0.3, -0.25) is 0 Å². The lowest BCUT2D eigenvalue weighted by molar-refractivity contribution is 0.453. The summed E-state index contributed by atoms with van der Waals surface area (Å²) in [5.74, 6) is -1.87. The molecule has 172 valence electrons. The van der Waals surface area contributed by atoms with Crippen LogP contribution in [0.5, 0.6) is 0 Å². The van der Waals surface area contributed by atoms with Crippen LogP contribution < -0.4 is 0 Å². The summed E-state index contributed by atoms with van der Waals surface area (Å²) in [5, 5.41) is -0.0914. The van der Waals surface area contributed by atoms with E-state index < -0.39 is 40.5 Å². The van der Waals surface area contributed by atoms with Gasteiger partial charge in [-0.25, -0.2) is 26.3 Å². The molecular weight excluding hydrogens is 450 g/mol. The molecule has 0 bridgehead atoms. The van der Waals surface area contributed by atoms with Crippen LogP contribution >= 0.6 is 0 Å². The van der Waals surface area contributed by atoms with Gasteiger partial charge in [-0.1, -0.05) is 43.4 Å². The number of aryl methyl sites for hydroxylation is 1. The zero-order valence-electron chi connectivity index (χ0n) is 18.1. The molecule has 4 rings (SSSR count). The van der Waals surface area contributed by atoms with E-state index in [2.05, 4.69) is 11.8 Å². The van der Waals surface area contributed by atoms with Gasteiger partial charge in [0.15, 0.2) is 17.5 Å². The van der Waals surface area contributed by atoms with E-state index in [4.69, 9.17) is 0 Å². The van der Waals surface area contributed by atoms with Crippen LogP contribution in [-0.2, 0) is 6.42 Å². The number of halogens is 6. The number of benzene rings is 4. The minimum atomic E-state index is -1.58. The molecular formula is C28H18F6. The Balaban J connectivity index is 1.66. The molecule has 0 atom stereocenters. The average molecular weight is 468 g/mol. The van der Waals surface area contributed by atoms with Gasteiger partial charge in [0.25, 0.3) is 0 Å². The predicted octanol–water partition coefficient (Wildman–Crippen LogP) is 8.08. The Morgan fingerprint density at radius 2 is 1.41 bits per heavy atom. The van der Waals surface area contributed by atoms with E-state index in [1.54, 1.807) is 6.07 Å². The Hall–Kier alpha value is -3.72. The van der Waals surface area contributed by atoms with E-state index in [1.807, 2.05) is 6.92 Å². The van der Waals surface area contributed by atoms with Crippen molar-refractivity contribution in [3.05, 3.63) is 106 Å². The maximum Gasteiger partial charge on any atom is 0.195 e. The van der Waals surface area contributed by atoms with Crippen LogP contribution in [0.1, 0.15) is 36.5 Å². The number of hydrogen-bond acceptors (Lipinski definition) is 0. The maximum absolute atomic E-state index is 14.7. The van der Waals surface area contributed by atoms with Gasteiger partial charge in [-0.2, -0.15) is 0 Å². The summed E-state index contributed by atoms with van der Waals surface area (Å²) in [5.41, 5.74) is 0.612. The Labute approximate surface area is 192 Å². The molecule has 0 amide bonds. The second kappa shape index (κ2) is 9.64. The van der Waals surface area contributed by atoms with Crippen LogP contribution in [0.2, 0.25) is 0 Å². The monoisotopic (exact) mass is 468 g/mol. The first-order valence-electron chi connectivity index (χ1n) is 10.7. The SMILES string of the molecule is CCCCc1ccc(-c2cc(F)c(C#Cc3ccc4c(F)c(F)c(F)cc4c3)c(F)c2)c(F)c1. The first kappa shape index (κ1) is 23.4. The summed E-state index contributed by atoms with van der Waals surface area (Å²) in [6, 6.07) is 11.2. The minimum Gasteiger partial charge on any atom is -0.206 e. The number of fused-ring (bicyclic) bond motifs is 1. The van der Waals surface area contributed by atoms with Crippen molar-refractivity contribution in [1.82, 2.24) is 0 Å². The zero-order chi connectivity index (χ0) is 24.4. The van der Waals surface area contributed by atoms with Crippen molar-refractivity contribution < 1.29 is 26.3 Å². The third kappa shape index (κ3) is 4.65. The summed E-state index contributed by atoms with van der Waals surface area (Å²) in [6.45, 7) is 2.03. The molecule has 0 nitrogen and oxygen atoms in total. The fraction of sp³-hybridized carbons (Fsp3) is 0.143. The van der Waals surface area contributed by atoms with Crippen molar-refractivity contribution in [2.45, 2.75) is 26.2 Å². The van der Waals surface area contributed by atoms with Crippen LogP contribution in [0.3, 0.4) is 0 Å². The molecule has 4 aromatic rings.